The minimum absolute atomic E-state index is 0.00546. The molecule has 3 heterocycles. The van der Waals surface area contributed by atoms with Crippen LogP contribution >= 0.6 is 20.8 Å². The van der Waals surface area contributed by atoms with Crippen LogP contribution in [0.5, 0.6) is 0 Å². The fraction of sp³-hybridized carbons (Fsp3) is 0.333. The standard InChI is InChI=1S/C12H13N3O2.C6H6ClP/c16-9-7-8(13-1-2-13)12(17)11(15-5-6-15)10(9)14-3-4-14;7-5-2-1-3-6(8)4-5/h7H,1-6H2;1-4H,8H2. The molecule has 1 aromatic carbocycles. The first-order valence-electron chi connectivity index (χ1n) is 8.35. The number of carbonyl (C=O) groups excluding carboxylic acids is 2. The van der Waals surface area contributed by atoms with Crippen molar-refractivity contribution in [1.29, 1.82) is 0 Å². The van der Waals surface area contributed by atoms with Crippen LogP contribution in [0.15, 0.2) is 47.4 Å². The molecule has 130 valence electrons. The Bertz CT molecular complexity index is 791. The van der Waals surface area contributed by atoms with Gasteiger partial charge in [-0.25, -0.2) is 0 Å². The molecule has 0 aromatic heterocycles. The van der Waals surface area contributed by atoms with Crippen LogP contribution in [-0.2, 0) is 9.59 Å². The molecule has 1 unspecified atom stereocenters. The molecule has 0 bridgehead atoms. The molecule has 5 nitrogen and oxygen atoms in total. The van der Waals surface area contributed by atoms with Crippen molar-refractivity contribution in [3.05, 3.63) is 52.5 Å². The Hall–Kier alpha value is -1.84. The minimum Gasteiger partial charge on any atom is -0.365 e. The van der Waals surface area contributed by atoms with Crippen LogP contribution in [0.25, 0.3) is 0 Å². The van der Waals surface area contributed by atoms with E-state index in [4.69, 9.17) is 11.6 Å². The average molecular weight is 376 g/mol. The van der Waals surface area contributed by atoms with Crippen molar-refractivity contribution in [2.75, 3.05) is 39.3 Å². The molecule has 0 spiro atoms. The molecule has 0 N–H and O–H groups in total. The van der Waals surface area contributed by atoms with Crippen LogP contribution in [0, 0.1) is 0 Å². The summed E-state index contributed by atoms with van der Waals surface area (Å²) < 4.78 is 0. The van der Waals surface area contributed by atoms with Gasteiger partial charge in [0.15, 0.2) is 0 Å². The first kappa shape index (κ1) is 16.6. The fourth-order valence-electron chi connectivity index (χ4n) is 2.78. The van der Waals surface area contributed by atoms with E-state index in [2.05, 4.69) is 9.24 Å². The van der Waals surface area contributed by atoms with E-state index >= 15 is 0 Å². The van der Waals surface area contributed by atoms with E-state index in [1.54, 1.807) is 0 Å². The fourth-order valence-corrected chi connectivity index (χ4v) is 3.38. The maximum absolute atomic E-state index is 12.4. The molecule has 3 aliphatic heterocycles. The van der Waals surface area contributed by atoms with Crippen LogP contribution in [-0.4, -0.2) is 65.5 Å². The van der Waals surface area contributed by atoms with Gasteiger partial charge in [-0.2, -0.15) is 0 Å². The van der Waals surface area contributed by atoms with Gasteiger partial charge in [-0.15, -0.1) is 9.24 Å². The molecular weight excluding hydrogens is 357 g/mol. The van der Waals surface area contributed by atoms with E-state index in [1.165, 1.54) is 6.08 Å². The van der Waals surface area contributed by atoms with E-state index < -0.39 is 0 Å². The Morgan fingerprint density at radius 1 is 0.880 bits per heavy atom. The van der Waals surface area contributed by atoms with Crippen molar-refractivity contribution in [3.8, 4) is 0 Å². The van der Waals surface area contributed by atoms with Crippen molar-refractivity contribution >= 4 is 37.7 Å². The Labute approximate surface area is 154 Å². The molecule has 7 heteroatoms. The molecule has 25 heavy (non-hydrogen) atoms. The smallest absolute Gasteiger partial charge is 0.227 e. The zero-order valence-electron chi connectivity index (χ0n) is 13.7. The predicted molar refractivity (Wildman–Crippen MR) is 101 cm³/mol. The van der Waals surface area contributed by atoms with E-state index in [0.29, 0.717) is 17.1 Å². The highest BCUT2D eigenvalue weighted by atomic mass is 35.5. The van der Waals surface area contributed by atoms with Crippen LogP contribution in [0.2, 0.25) is 5.02 Å². The maximum Gasteiger partial charge on any atom is 0.227 e. The van der Waals surface area contributed by atoms with Crippen LogP contribution in [0.1, 0.15) is 0 Å². The minimum atomic E-state index is 0.00546. The lowest BCUT2D eigenvalue weighted by Gasteiger charge is -2.21. The Balaban J connectivity index is 0.000000166. The van der Waals surface area contributed by atoms with Gasteiger partial charge >= 0.3 is 0 Å². The second-order valence-electron chi connectivity index (χ2n) is 6.44. The number of allylic oxidation sites excluding steroid dienone is 1. The van der Waals surface area contributed by atoms with Gasteiger partial charge in [-0.05, 0) is 17.4 Å². The molecule has 3 saturated heterocycles. The van der Waals surface area contributed by atoms with Gasteiger partial charge in [-0.3, -0.25) is 9.59 Å². The first-order chi connectivity index (χ1) is 12.0. The number of hydrogen-bond donors (Lipinski definition) is 0. The van der Waals surface area contributed by atoms with Gasteiger partial charge in [-0.1, -0.05) is 23.7 Å². The first-order valence-corrected chi connectivity index (χ1v) is 9.31. The third-order valence-electron chi connectivity index (χ3n) is 4.34. The molecule has 3 fully saturated rings. The van der Waals surface area contributed by atoms with E-state index in [0.717, 1.165) is 49.6 Å². The molecule has 1 aromatic rings. The van der Waals surface area contributed by atoms with Crippen molar-refractivity contribution in [1.82, 2.24) is 14.7 Å². The summed E-state index contributed by atoms with van der Waals surface area (Å²) in [6.07, 6.45) is 1.52. The highest BCUT2D eigenvalue weighted by Gasteiger charge is 2.43. The van der Waals surface area contributed by atoms with Crippen LogP contribution in [0.4, 0.5) is 0 Å². The highest BCUT2D eigenvalue weighted by Crippen LogP contribution is 2.33. The van der Waals surface area contributed by atoms with Gasteiger partial charge in [0.25, 0.3) is 0 Å². The van der Waals surface area contributed by atoms with Gasteiger partial charge in [0.1, 0.15) is 11.4 Å². The predicted octanol–water partition coefficient (Wildman–Crippen LogP) is 1.02. The summed E-state index contributed by atoms with van der Waals surface area (Å²) in [4.78, 5) is 30.5. The van der Waals surface area contributed by atoms with Crippen LogP contribution < -0.4 is 5.30 Å². The van der Waals surface area contributed by atoms with Crippen LogP contribution in [0.3, 0.4) is 0 Å². The summed E-state index contributed by atoms with van der Waals surface area (Å²) in [6.45, 7) is 5.41. The average Bonchev–Trinajstić information content (AvgIpc) is 3.43. The van der Waals surface area contributed by atoms with Crippen molar-refractivity contribution < 1.29 is 9.59 Å². The molecule has 5 rings (SSSR count). The second kappa shape index (κ2) is 6.47. The number of Topliss-reactive ketones (excluding diaryl/α,β-unsaturated/α-hetero) is 1. The molecule has 1 aliphatic carbocycles. The summed E-state index contributed by atoms with van der Waals surface area (Å²) in [5.41, 5.74) is 1.89. The molecule has 0 radical (unpaired) electrons. The molecule has 0 amide bonds. The van der Waals surface area contributed by atoms with E-state index in [-0.39, 0.29) is 11.6 Å². The molecule has 0 saturated carbocycles. The molecular formula is C18H19ClN3O2P. The topological polar surface area (TPSA) is 43.2 Å². The number of rotatable bonds is 3. The Kier molecular flexibility index (Phi) is 4.30. The second-order valence-corrected chi connectivity index (χ2v) is 7.54. The number of ketones is 2. The van der Waals surface area contributed by atoms with Gasteiger partial charge in [0, 0.05) is 50.4 Å². The van der Waals surface area contributed by atoms with Crippen molar-refractivity contribution in [2.24, 2.45) is 0 Å². The maximum atomic E-state index is 12.4. The lowest BCUT2D eigenvalue weighted by atomic mass is 10.0. The lowest BCUT2D eigenvalue weighted by molar-refractivity contribution is -0.117. The molecule has 4 aliphatic rings. The van der Waals surface area contributed by atoms with Crippen molar-refractivity contribution in [2.45, 2.75) is 0 Å². The van der Waals surface area contributed by atoms with Gasteiger partial charge < -0.3 is 14.7 Å². The van der Waals surface area contributed by atoms with Gasteiger partial charge in [0.2, 0.25) is 11.6 Å². The van der Waals surface area contributed by atoms with Gasteiger partial charge in [0.05, 0.1) is 5.70 Å². The Morgan fingerprint density at radius 2 is 1.48 bits per heavy atom. The van der Waals surface area contributed by atoms with E-state index in [9.17, 15) is 9.59 Å². The zero-order chi connectivity index (χ0) is 17.6. The summed E-state index contributed by atoms with van der Waals surface area (Å²) in [6, 6.07) is 7.66. The quantitative estimate of drug-likeness (QED) is 0.448. The Morgan fingerprint density at radius 3 is 1.96 bits per heavy atom. The number of benzene rings is 1. The number of halogens is 1. The number of hydrogen-bond acceptors (Lipinski definition) is 5. The summed E-state index contributed by atoms with van der Waals surface area (Å²) in [5, 5.41) is 1.91. The summed E-state index contributed by atoms with van der Waals surface area (Å²) in [7, 11) is 2.58. The third kappa shape index (κ3) is 3.73. The summed E-state index contributed by atoms with van der Waals surface area (Å²) >= 11 is 5.63. The highest BCUT2D eigenvalue weighted by molar-refractivity contribution is 7.27. The normalized spacial score (nSPS) is 21.0. The number of nitrogens with zero attached hydrogens (tertiary/aromatic N) is 3. The zero-order valence-corrected chi connectivity index (χ0v) is 15.7. The largest absolute Gasteiger partial charge is 0.365 e. The summed E-state index contributed by atoms with van der Waals surface area (Å²) in [5.74, 6) is 0.0485. The molecule has 1 atom stereocenters. The van der Waals surface area contributed by atoms with E-state index in [1.807, 2.05) is 39.0 Å². The van der Waals surface area contributed by atoms with Crippen molar-refractivity contribution in [3.63, 3.8) is 0 Å². The SMILES string of the molecule is O=C1C=C(N2CC2)C(=O)C(N2CC2)=C1N1CC1.Pc1cccc(Cl)c1. The number of carbonyl (C=O) groups is 2. The lowest BCUT2D eigenvalue weighted by Crippen LogP contribution is -2.29. The monoisotopic (exact) mass is 375 g/mol. The third-order valence-corrected chi connectivity index (χ3v) is 4.93.